The summed E-state index contributed by atoms with van der Waals surface area (Å²) in [7, 11) is 0. The van der Waals surface area contributed by atoms with E-state index >= 15 is 0 Å². The van der Waals surface area contributed by atoms with E-state index in [4.69, 9.17) is 11.5 Å². The molecule has 1 aromatic carbocycles. The van der Waals surface area contributed by atoms with Gasteiger partial charge in [0.05, 0.1) is 12.6 Å². The van der Waals surface area contributed by atoms with E-state index in [0.29, 0.717) is 5.56 Å². The van der Waals surface area contributed by atoms with Crippen molar-refractivity contribution in [1.29, 1.82) is 0 Å². The number of carboxylic acids is 1. The van der Waals surface area contributed by atoms with Crippen LogP contribution in [0.2, 0.25) is 0 Å². The van der Waals surface area contributed by atoms with Gasteiger partial charge in [-0.15, -0.1) is 0 Å². The number of primary amides is 1. The number of aromatic hydroxyl groups is 1. The molecule has 0 spiro atoms. The molecule has 52 heavy (non-hydrogen) atoms. The van der Waals surface area contributed by atoms with E-state index in [9.17, 15) is 48.6 Å². The van der Waals surface area contributed by atoms with E-state index < -0.39 is 114 Å². The number of carbonyl (C=O) groups is 8. The number of phenols is 1. The fourth-order valence-corrected chi connectivity index (χ4v) is 4.83. The zero-order valence-electron chi connectivity index (χ0n) is 30.6. The summed E-state index contributed by atoms with van der Waals surface area (Å²) in [4.78, 5) is 101. The number of phenolic OH excluding ortho intramolecular Hbond substituents is 1. The van der Waals surface area contributed by atoms with Crippen molar-refractivity contribution in [3.63, 3.8) is 0 Å². The number of hydrogen-bond acceptors (Lipinski definition) is 10. The molecule has 0 saturated heterocycles. The maximum Gasteiger partial charge on any atom is 0.303 e. The van der Waals surface area contributed by atoms with Gasteiger partial charge in [0, 0.05) is 6.42 Å². The number of aliphatic carboxylic acids is 1. The molecule has 0 aromatic heterocycles. The van der Waals surface area contributed by atoms with Gasteiger partial charge in [0.1, 0.15) is 36.0 Å². The molecule has 0 bridgehead atoms. The van der Waals surface area contributed by atoms with Crippen molar-refractivity contribution in [3.8, 4) is 5.75 Å². The summed E-state index contributed by atoms with van der Waals surface area (Å²) in [6.45, 7) is 10.7. The summed E-state index contributed by atoms with van der Waals surface area (Å²) in [5, 5.41) is 33.7. The lowest BCUT2D eigenvalue weighted by molar-refractivity contribution is -0.139. The van der Waals surface area contributed by atoms with Gasteiger partial charge in [-0.1, -0.05) is 53.7 Å². The molecule has 18 heteroatoms. The van der Waals surface area contributed by atoms with Crippen molar-refractivity contribution < 1.29 is 48.6 Å². The number of nitrogens with two attached hydrogens (primary N) is 2. The number of benzene rings is 1. The van der Waals surface area contributed by atoms with Gasteiger partial charge in [0.2, 0.25) is 41.4 Å². The number of amides is 7. The minimum atomic E-state index is -1.45. The van der Waals surface area contributed by atoms with Crippen LogP contribution in [-0.4, -0.2) is 100 Å². The Balaban J connectivity index is 3.06. The predicted molar refractivity (Wildman–Crippen MR) is 189 cm³/mol. The molecule has 18 nitrogen and oxygen atoms in total. The lowest BCUT2D eigenvalue weighted by Gasteiger charge is -2.29. The first kappa shape index (κ1) is 44.8. The van der Waals surface area contributed by atoms with Crippen LogP contribution in [0.1, 0.15) is 66.9 Å². The normalized spacial score (nSPS) is 14.6. The fraction of sp³-hybridized carbons (Fsp3) is 0.588. The minimum Gasteiger partial charge on any atom is -0.508 e. The Hall–Kier alpha value is -5.26. The predicted octanol–water partition coefficient (Wildman–Crippen LogP) is -1.86. The molecule has 0 unspecified atom stereocenters. The molecule has 290 valence electrons. The zero-order valence-corrected chi connectivity index (χ0v) is 30.6. The topological polar surface area (TPSA) is 301 Å². The summed E-state index contributed by atoms with van der Waals surface area (Å²) >= 11 is 0. The van der Waals surface area contributed by atoms with Crippen molar-refractivity contribution in [3.05, 3.63) is 29.8 Å². The van der Waals surface area contributed by atoms with E-state index in [-0.39, 0.29) is 18.6 Å². The van der Waals surface area contributed by atoms with Crippen LogP contribution in [0.15, 0.2) is 24.3 Å². The monoisotopic (exact) mass is 734 g/mol. The second-order valence-corrected chi connectivity index (χ2v) is 13.6. The maximum absolute atomic E-state index is 13.5. The van der Waals surface area contributed by atoms with Gasteiger partial charge < -0.3 is 53.6 Å². The van der Waals surface area contributed by atoms with Crippen molar-refractivity contribution >= 4 is 47.3 Å². The molecule has 7 amide bonds. The molecule has 0 aliphatic rings. The SMILES string of the molecule is CC(C)[C@H](NC(=O)[C@H](CCC(=O)O)NC(=O)[C@@H](NC(=O)[C@@H](C)NC(=O)[C@@H](N)Cc1ccc(O)cc1)C(C)C)C(=O)N[C@H](C(=O)NCC(N)=O)C(C)C. The Morgan fingerprint density at radius 2 is 1.10 bits per heavy atom. The average molecular weight is 735 g/mol. The van der Waals surface area contributed by atoms with Crippen LogP contribution in [0, 0.1) is 17.8 Å². The van der Waals surface area contributed by atoms with Crippen LogP contribution in [0.4, 0.5) is 0 Å². The Kier molecular flexibility index (Phi) is 18.2. The second kappa shape index (κ2) is 21.2. The van der Waals surface area contributed by atoms with Crippen LogP contribution < -0.4 is 43.4 Å². The van der Waals surface area contributed by atoms with Crippen LogP contribution in [-0.2, 0) is 44.8 Å². The Morgan fingerprint density at radius 1 is 0.635 bits per heavy atom. The van der Waals surface area contributed by atoms with Gasteiger partial charge in [0.25, 0.3) is 0 Å². The van der Waals surface area contributed by atoms with Crippen molar-refractivity contribution in [1.82, 2.24) is 31.9 Å². The minimum absolute atomic E-state index is 0.0507. The van der Waals surface area contributed by atoms with Crippen molar-refractivity contribution in [2.24, 2.45) is 29.2 Å². The molecule has 0 saturated carbocycles. The molecular formula is C34H54N8O10. The summed E-state index contributed by atoms with van der Waals surface area (Å²) in [6.07, 6.45) is -0.770. The smallest absolute Gasteiger partial charge is 0.303 e. The first-order chi connectivity index (χ1) is 24.1. The molecule has 0 aliphatic heterocycles. The first-order valence-electron chi connectivity index (χ1n) is 17.0. The third kappa shape index (κ3) is 15.3. The largest absolute Gasteiger partial charge is 0.508 e. The van der Waals surface area contributed by atoms with Crippen molar-refractivity contribution in [2.45, 2.75) is 104 Å². The molecule has 0 fully saturated rings. The third-order valence-electron chi connectivity index (χ3n) is 7.94. The Labute approximate surface area is 303 Å². The van der Waals surface area contributed by atoms with E-state index in [1.165, 1.54) is 19.1 Å². The van der Waals surface area contributed by atoms with Gasteiger partial charge >= 0.3 is 5.97 Å². The molecule has 0 aliphatic carbocycles. The zero-order chi connectivity index (χ0) is 39.9. The lowest BCUT2D eigenvalue weighted by atomic mass is 9.98. The van der Waals surface area contributed by atoms with E-state index in [2.05, 4.69) is 31.9 Å². The fourth-order valence-electron chi connectivity index (χ4n) is 4.83. The quantitative estimate of drug-likeness (QED) is 0.0668. The van der Waals surface area contributed by atoms with Gasteiger partial charge in [-0.3, -0.25) is 38.4 Å². The molecule has 0 radical (unpaired) electrons. The van der Waals surface area contributed by atoms with Crippen LogP contribution in [0.5, 0.6) is 5.75 Å². The van der Waals surface area contributed by atoms with Gasteiger partial charge in [0.15, 0.2) is 0 Å². The van der Waals surface area contributed by atoms with E-state index in [1.807, 2.05) is 0 Å². The van der Waals surface area contributed by atoms with E-state index in [1.54, 1.807) is 53.7 Å². The molecule has 12 N–H and O–H groups in total. The molecular weight excluding hydrogens is 680 g/mol. The maximum atomic E-state index is 13.5. The summed E-state index contributed by atoms with van der Waals surface area (Å²) in [5.74, 6) is -7.98. The van der Waals surface area contributed by atoms with Crippen LogP contribution >= 0.6 is 0 Å². The summed E-state index contributed by atoms with van der Waals surface area (Å²) in [5.41, 5.74) is 11.8. The Bertz CT molecular complexity index is 1430. The van der Waals surface area contributed by atoms with Gasteiger partial charge in [-0.25, -0.2) is 0 Å². The molecule has 6 atom stereocenters. The number of hydrogen-bond donors (Lipinski definition) is 10. The highest BCUT2D eigenvalue weighted by atomic mass is 16.4. The highest BCUT2D eigenvalue weighted by Gasteiger charge is 2.35. The number of rotatable bonds is 21. The van der Waals surface area contributed by atoms with Gasteiger partial charge in [-0.05, 0) is 55.2 Å². The Morgan fingerprint density at radius 3 is 1.58 bits per heavy atom. The lowest BCUT2D eigenvalue weighted by Crippen LogP contribution is -2.61. The first-order valence-corrected chi connectivity index (χ1v) is 17.0. The number of carbonyl (C=O) groups excluding carboxylic acids is 7. The summed E-state index contributed by atoms with van der Waals surface area (Å²) < 4.78 is 0. The number of carboxylic acid groups (broad SMARTS) is 1. The standard InChI is InChI=1S/C34H54N8O10/c1-16(2)26(32(50)37-15-24(36)44)42-34(52)28(18(5)6)41-31(49)23(12-13-25(45)46)39-33(51)27(17(3)4)40-29(47)19(7)38-30(48)22(35)14-20-8-10-21(43)11-9-20/h8-11,16-19,22-23,26-28,43H,12-15,35H2,1-7H3,(H2,36,44)(H,37,50)(H,38,48)(H,39,51)(H,40,47)(H,41,49)(H,42,52)(H,45,46)/t19-,22+,23+,26+,27+,28+/m1/s1. The highest BCUT2D eigenvalue weighted by Crippen LogP contribution is 2.12. The van der Waals surface area contributed by atoms with Gasteiger partial charge in [-0.2, -0.15) is 0 Å². The average Bonchev–Trinajstić information content (AvgIpc) is 3.05. The summed E-state index contributed by atoms with van der Waals surface area (Å²) in [6, 6.07) is -1.05. The van der Waals surface area contributed by atoms with Crippen LogP contribution in [0.3, 0.4) is 0 Å². The molecule has 0 heterocycles. The van der Waals surface area contributed by atoms with Crippen LogP contribution in [0.25, 0.3) is 0 Å². The highest BCUT2D eigenvalue weighted by molar-refractivity contribution is 5.97. The van der Waals surface area contributed by atoms with Crippen molar-refractivity contribution in [2.75, 3.05) is 6.54 Å². The molecule has 1 rings (SSSR count). The molecule has 1 aromatic rings. The second-order valence-electron chi connectivity index (χ2n) is 13.6. The van der Waals surface area contributed by atoms with E-state index in [0.717, 1.165) is 0 Å². The third-order valence-corrected chi connectivity index (χ3v) is 7.94. The number of nitrogens with one attached hydrogen (secondary N) is 6.